The third-order valence-corrected chi connectivity index (χ3v) is 5.11. The predicted octanol–water partition coefficient (Wildman–Crippen LogP) is 1.95. The van der Waals surface area contributed by atoms with Crippen molar-refractivity contribution in [2.75, 3.05) is 13.2 Å². The maximum atomic E-state index is 12.2. The standard InChI is InChI=1S/C13H24N2O3S2/c1-10(2)14-9-12-13(5-8-19-12)20(16,17)15-6-7-18-11(3)4/h5,8,10-11,14-15H,6-7,9H2,1-4H3. The first kappa shape index (κ1) is 17.6. The van der Waals surface area contributed by atoms with E-state index in [0.717, 1.165) is 4.88 Å². The van der Waals surface area contributed by atoms with E-state index in [1.807, 2.05) is 27.7 Å². The van der Waals surface area contributed by atoms with E-state index in [2.05, 4.69) is 10.0 Å². The molecule has 1 aromatic heterocycles. The molecule has 1 rings (SSSR count). The van der Waals surface area contributed by atoms with Crippen molar-refractivity contribution in [3.8, 4) is 0 Å². The van der Waals surface area contributed by atoms with Crippen molar-refractivity contribution < 1.29 is 13.2 Å². The summed E-state index contributed by atoms with van der Waals surface area (Å²) >= 11 is 1.45. The van der Waals surface area contributed by atoms with Gasteiger partial charge in [0, 0.05) is 24.0 Å². The number of nitrogens with one attached hydrogen (secondary N) is 2. The molecule has 0 aliphatic rings. The fraction of sp³-hybridized carbons (Fsp3) is 0.692. The summed E-state index contributed by atoms with van der Waals surface area (Å²) in [6.07, 6.45) is 0.103. The molecule has 116 valence electrons. The quantitative estimate of drug-likeness (QED) is 0.683. The second-order valence-corrected chi connectivity index (χ2v) is 7.80. The first-order valence-corrected chi connectivity index (χ1v) is 9.10. The molecule has 0 aliphatic carbocycles. The molecule has 5 nitrogen and oxygen atoms in total. The first-order chi connectivity index (χ1) is 9.33. The molecule has 0 unspecified atom stereocenters. The summed E-state index contributed by atoms with van der Waals surface area (Å²) in [4.78, 5) is 1.19. The van der Waals surface area contributed by atoms with Gasteiger partial charge in [0.1, 0.15) is 0 Å². The zero-order chi connectivity index (χ0) is 15.2. The lowest BCUT2D eigenvalue weighted by Crippen LogP contribution is -2.29. The van der Waals surface area contributed by atoms with Gasteiger partial charge in [0.05, 0.1) is 17.6 Å². The van der Waals surface area contributed by atoms with E-state index in [0.29, 0.717) is 24.1 Å². The summed E-state index contributed by atoms with van der Waals surface area (Å²) in [5.41, 5.74) is 0. The van der Waals surface area contributed by atoms with E-state index in [1.165, 1.54) is 11.3 Å². The lowest BCUT2D eigenvalue weighted by atomic mass is 10.4. The van der Waals surface area contributed by atoms with Crippen molar-refractivity contribution in [2.45, 2.75) is 51.3 Å². The minimum Gasteiger partial charge on any atom is -0.377 e. The summed E-state index contributed by atoms with van der Waals surface area (Å²) in [7, 11) is -3.45. The van der Waals surface area contributed by atoms with E-state index < -0.39 is 10.0 Å². The highest BCUT2D eigenvalue weighted by molar-refractivity contribution is 7.89. The van der Waals surface area contributed by atoms with Crippen LogP contribution in [0.25, 0.3) is 0 Å². The van der Waals surface area contributed by atoms with E-state index in [1.54, 1.807) is 11.4 Å². The van der Waals surface area contributed by atoms with E-state index in [9.17, 15) is 8.42 Å². The number of hydrogen-bond acceptors (Lipinski definition) is 5. The molecule has 20 heavy (non-hydrogen) atoms. The number of ether oxygens (including phenoxy) is 1. The topological polar surface area (TPSA) is 67.4 Å². The molecule has 0 aliphatic heterocycles. The zero-order valence-corrected chi connectivity index (χ0v) is 14.1. The monoisotopic (exact) mass is 320 g/mol. The molecule has 2 N–H and O–H groups in total. The summed E-state index contributed by atoms with van der Waals surface area (Å²) in [5, 5.41) is 5.04. The molecule has 0 aromatic carbocycles. The molecule has 7 heteroatoms. The summed E-state index contributed by atoms with van der Waals surface area (Å²) in [5.74, 6) is 0. The largest absolute Gasteiger partial charge is 0.377 e. The van der Waals surface area contributed by atoms with Gasteiger partial charge in [-0.15, -0.1) is 11.3 Å². The van der Waals surface area contributed by atoms with Crippen molar-refractivity contribution in [3.63, 3.8) is 0 Å². The zero-order valence-electron chi connectivity index (χ0n) is 12.5. The Morgan fingerprint density at radius 3 is 2.60 bits per heavy atom. The number of sulfonamides is 1. The normalized spacial score (nSPS) is 12.5. The first-order valence-electron chi connectivity index (χ1n) is 6.74. The van der Waals surface area contributed by atoms with Crippen LogP contribution < -0.4 is 10.0 Å². The Hall–Kier alpha value is -0.470. The summed E-state index contributed by atoms with van der Waals surface area (Å²) in [6, 6.07) is 1.97. The van der Waals surface area contributed by atoms with Gasteiger partial charge < -0.3 is 10.1 Å². The van der Waals surface area contributed by atoms with Gasteiger partial charge in [-0.25, -0.2) is 13.1 Å². The lowest BCUT2D eigenvalue weighted by molar-refractivity contribution is 0.0834. The number of hydrogen-bond donors (Lipinski definition) is 2. The van der Waals surface area contributed by atoms with Crippen LogP contribution in [0.2, 0.25) is 0 Å². The van der Waals surface area contributed by atoms with Crippen LogP contribution in [0.5, 0.6) is 0 Å². The third-order valence-electron chi connectivity index (χ3n) is 2.51. The molecule has 0 radical (unpaired) electrons. The van der Waals surface area contributed by atoms with Gasteiger partial charge in [-0.1, -0.05) is 13.8 Å². The highest BCUT2D eigenvalue weighted by Gasteiger charge is 2.19. The van der Waals surface area contributed by atoms with Gasteiger partial charge in [-0.05, 0) is 25.3 Å². The smallest absolute Gasteiger partial charge is 0.241 e. The molecular formula is C13H24N2O3S2. The fourth-order valence-electron chi connectivity index (χ4n) is 1.54. The fourth-order valence-corrected chi connectivity index (χ4v) is 3.95. The van der Waals surface area contributed by atoms with Gasteiger partial charge in [-0.2, -0.15) is 0 Å². The number of rotatable bonds is 9. The van der Waals surface area contributed by atoms with Crippen LogP contribution in [0.1, 0.15) is 32.6 Å². The van der Waals surface area contributed by atoms with Crippen molar-refractivity contribution in [1.29, 1.82) is 0 Å². The summed E-state index contributed by atoms with van der Waals surface area (Å²) < 4.78 is 32.3. The SMILES string of the molecule is CC(C)NCc1sccc1S(=O)(=O)NCCOC(C)C. The average molecular weight is 320 g/mol. The van der Waals surface area contributed by atoms with Crippen LogP contribution in [0.15, 0.2) is 16.3 Å². The Morgan fingerprint density at radius 1 is 1.30 bits per heavy atom. The third kappa shape index (κ3) is 5.88. The molecular weight excluding hydrogens is 296 g/mol. The van der Waals surface area contributed by atoms with Crippen molar-refractivity contribution in [1.82, 2.24) is 10.0 Å². The molecule has 1 aromatic rings. The molecule has 0 spiro atoms. The van der Waals surface area contributed by atoms with Crippen LogP contribution >= 0.6 is 11.3 Å². The highest BCUT2D eigenvalue weighted by Crippen LogP contribution is 2.21. The van der Waals surface area contributed by atoms with Gasteiger partial charge in [-0.3, -0.25) is 0 Å². The molecule has 0 atom stereocenters. The number of thiophene rings is 1. The van der Waals surface area contributed by atoms with Crippen LogP contribution in [0.3, 0.4) is 0 Å². The van der Waals surface area contributed by atoms with Crippen LogP contribution in [-0.4, -0.2) is 33.7 Å². The van der Waals surface area contributed by atoms with E-state index in [4.69, 9.17) is 4.74 Å². The maximum Gasteiger partial charge on any atom is 0.241 e. The van der Waals surface area contributed by atoms with Gasteiger partial charge >= 0.3 is 0 Å². The van der Waals surface area contributed by atoms with Crippen LogP contribution in [-0.2, 0) is 21.3 Å². The highest BCUT2D eigenvalue weighted by atomic mass is 32.2. The minimum atomic E-state index is -3.45. The Kier molecular flexibility index (Phi) is 7.11. The maximum absolute atomic E-state index is 12.2. The Morgan fingerprint density at radius 2 is 2.00 bits per heavy atom. The lowest BCUT2D eigenvalue weighted by Gasteiger charge is -2.11. The van der Waals surface area contributed by atoms with E-state index in [-0.39, 0.29) is 12.6 Å². The molecule has 0 fully saturated rings. The molecule has 0 saturated heterocycles. The molecule has 1 heterocycles. The van der Waals surface area contributed by atoms with Crippen molar-refractivity contribution in [2.24, 2.45) is 0 Å². The van der Waals surface area contributed by atoms with Gasteiger partial charge in [0.2, 0.25) is 10.0 Å². The van der Waals surface area contributed by atoms with Crippen LogP contribution in [0, 0.1) is 0 Å². The van der Waals surface area contributed by atoms with E-state index >= 15 is 0 Å². The van der Waals surface area contributed by atoms with Crippen LogP contribution in [0.4, 0.5) is 0 Å². The second kappa shape index (κ2) is 8.09. The second-order valence-electron chi connectivity index (χ2n) is 5.06. The average Bonchev–Trinajstić information content (AvgIpc) is 2.81. The van der Waals surface area contributed by atoms with Crippen molar-refractivity contribution >= 4 is 21.4 Å². The predicted molar refractivity (Wildman–Crippen MR) is 82.6 cm³/mol. The Bertz CT molecular complexity index is 495. The van der Waals surface area contributed by atoms with Crippen molar-refractivity contribution in [3.05, 3.63) is 16.3 Å². The van der Waals surface area contributed by atoms with Gasteiger partial charge in [0.15, 0.2) is 0 Å². The van der Waals surface area contributed by atoms with Gasteiger partial charge in [0.25, 0.3) is 0 Å². The molecule has 0 bridgehead atoms. The Labute approximate surface area is 125 Å². The summed E-state index contributed by atoms with van der Waals surface area (Å²) in [6.45, 7) is 9.13. The Balaban J connectivity index is 2.61. The minimum absolute atomic E-state index is 0.103. The molecule has 0 saturated carbocycles. The molecule has 0 amide bonds.